The zero-order chi connectivity index (χ0) is 15.9. The zero-order valence-corrected chi connectivity index (χ0v) is 11.8. The number of hydrogen-bond acceptors (Lipinski definition) is 5. The third-order valence-electron chi connectivity index (χ3n) is 4.12. The highest BCUT2D eigenvalue weighted by Crippen LogP contribution is 2.39. The van der Waals surface area contributed by atoms with E-state index < -0.39 is 47.3 Å². The first-order chi connectivity index (χ1) is 9.76. The topological polar surface area (TPSA) is 118 Å². The van der Waals surface area contributed by atoms with Crippen molar-refractivity contribution in [1.29, 1.82) is 0 Å². The van der Waals surface area contributed by atoms with Crippen molar-refractivity contribution in [1.82, 2.24) is 5.32 Å². The maximum atomic E-state index is 12.2. The third kappa shape index (κ3) is 1.98. The number of amides is 1. The lowest BCUT2D eigenvalue weighted by molar-refractivity contribution is -0.664. The molecule has 0 aliphatic carbocycles. The summed E-state index contributed by atoms with van der Waals surface area (Å²) in [6, 6.07) is -2.17. The molecule has 2 rings (SSSR count). The summed E-state index contributed by atoms with van der Waals surface area (Å²) in [4.78, 5) is 35.4. The summed E-state index contributed by atoms with van der Waals surface area (Å²) in [6.45, 7) is 6.15. The second-order valence-electron chi connectivity index (χ2n) is 5.43. The van der Waals surface area contributed by atoms with Gasteiger partial charge in [-0.2, -0.15) is 0 Å². The lowest BCUT2D eigenvalue weighted by Gasteiger charge is -2.52. The summed E-state index contributed by atoms with van der Waals surface area (Å²) < 4.78 is 5.32. The number of aliphatic hydroxyl groups excluding tert-OH is 1. The molecule has 2 saturated heterocycles. The molecule has 0 spiro atoms. The summed E-state index contributed by atoms with van der Waals surface area (Å²) in [6.07, 6.45) is 0.381. The smallest absolute Gasteiger partial charge is 0.383 e. The predicted octanol–water partition coefficient (Wildman–Crippen LogP) is -1.04. The minimum Gasteiger partial charge on any atom is -0.505 e. The van der Waals surface area contributed by atoms with Gasteiger partial charge < -0.3 is 20.7 Å². The molecule has 2 N–H and O–H groups in total. The SMILES string of the molecule is C=CCOC(=O)C1C(=O)[C@@](C)([C@@H]2NC(=O)[C@@H]2[C@@H](C)O)[N+]1=[N-]. The van der Waals surface area contributed by atoms with Crippen LogP contribution in [0.5, 0.6) is 0 Å². The number of Topliss-reactive ketones (excluding diaryl/α,β-unsaturated/α-hetero) is 1. The number of aliphatic hydroxyl groups is 1. The molecule has 5 atom stereocenters. The van der Waals surface area contributed by atoms with Gasteiger partial charge >= 0.3 is 12.0 Å². The van der Waals surface area contributed by atoms with Gasteiger partial charge in [-0.3, -0.25) is 14.3 Å². The van der Waals surface area contributed by atoms with E-state index in [1.165, 1.54) is 19.9 Å². The second kappa shape index (κ2) is 5.03. The van der Waals surface area contributed by atoms with E-state index >= 15 is 0 Å². The average molecular weight is 295 g/mol. The number of esters is 1. The number of ketones is 1. The van der Waals surface area contributed by atoms with Gasteiger partial charge in [0.25, 0.3) is 5.78 Å². The molecule has 0 radical (unpaired) electrons. The van der Waals surface area contributed by atoms with Gasteiger partial charge in [0, 0.05) is 6.92 Å². The maximum Gasteiger partial charge on any atom is 0.383 e. The van der Waals surface area contributed by atoms with Crippen LogP contribution in [0.15, 0.2) is 12.7 Å². The molecule has 21 heavy (non-hydrogen) atoms. The lowest BCUT2D eigenvalue weighted by Crippen LogP contribution is -2.83. The summed E-state index contributed by atoms with van der Waals surface area (Å²) in [5, 5.41) is 12.1. The maximum absolute atomic E-state index is 12.2. The quantitative estimate of drug-likeness (QED) is 0.221. The molecular weight excluding hydrogens is 278 g/mol. The van der Waals surface area contributed by atoms with Crippen molar-refractivity contribution >= 4 is 17.7 Å². The highest BCUT2D eigenvalue weighted by molar-refractivity contribution is 6.10. The van der Waals surface area contributed by atoms with E-state index in [-0.39, 0.29) is 6.61 Å². The van der Waals surface area contributed by atoms with Crippen LogP contribution in [0.3, 0.4) is 0 Å². The van der Waals surface area contributed by atoms with E-state index in [2.05, 4.69) is 11.9 Å². The fourth-order valence-corrected chi connectivity index (χ4v) is 2.81. The van der Waals surface area contributed by atoms with Crippen LogP contribution in [0.1, 0.15) is 13.8 Å². The molecule has 2 aliphatic rings. The van der Waals surface area contributed by atoms with Crippen LogP contribution in [-0.4, -0.2) is 57.8 Å². The highest BCUT2D eigenvalue weighted by atomic mass is 16.5. The first-order valence-corrected chi connectivity index (χ1v) is 6.55. The van der Waals surface area contributed by atoms with Gasteiger partial charge in [-0.15, -0.1) is 0 Å². The van der Waals surface area contributed by atoms with Crippen molar-refractivity contribution in [2.45, 2.75) is 37.6 Å². The molecule has 0 aromatic heterocycles. The fraction of sp³-hybridized carbons (Fsp3) is 0.615. The van der Waals surface area contributed by atoms with Gasteiger partial charge in [-0.25, -0.2) is 4.79 Å². The molecule has 0 bridgehead atoms. The Morgan fingerprint density at radius 1 is 1.67 bits per heavy atom. The van der Waals surface area contributed by atoms with E-state index in [1.54, 1.807) is 0 Å². The van der Waals surface area contributed by atoms with Crippen LogP contribution in [0, 0.1) is 5.92 Å². The number of carbonyl (C=O) groups excluding carboxylic acids is 3. The predicted molar refractivity (Wildman–Crippen MR) is 69.1 cm³/mol. The molecule has 8 heteroatoms. The van der Waals surface area contributed by atoms with Crippen LogP contribution in [-0.2, 0) is 19.1 Å². The van der Waals surface area contributed by atoms with Gasteiger partial charge in [0.05, 0.1) is 12.0 Å². The molecule has 0 aromatic rings. The van der Waals surface area contributed by atoms with Crippen molar-refractivity contribution in [2.24, 2.45) is 5.92 Å². The van der Waals surface area contributed by atoms with Crippen molar-refractivity contribution < 1.29 is 28.9 Å². The Labute approximate surface area is 121 Å². The highest BCUT2D eigenvalue weighted by Gasteiger charge is 2.72. The van der Waals surface area contributed by atoms with E-state index in [9.17, 15) is 25.0 Å². The van der Waals surface area contributed by atoms with Crippen LogP contribution in [0.4, 0.5) is 0 Å². The molecule has 2 fully saturated rings. The Hall–Kier alpha value is -2.09. The standard InChI is InChI=1S/C13H17N3O5/c1-4-5-21-12(20)8-10(18)13(3,16(8)14)9-7(6(2)17)11(19)15-9/h4,6-9,17H,1,5H2,2-3H3,(H,15,19)/t6-,7-,8?,9-,13-/m1/s1. The van der Waals surface area contributed by atoms with Gasteiger partial charge in [0.2, 0.25) is 11.4 Å². The van der Waals surface area contributed by atoms with E-state index in [0.717, 1.165) is 0 Å². The molecule has 0 saturated carbocycles. The summed E-state index contributed by atoms with van der Waals surface area (Å²) >= 11 is 0. The van der Waals surface area contributed by atoms with Crippen LogP contribution >= 0.6 is 0 Å². The molecular formula is C13H17N3O5. The minimum atomic E-state index is -1.45. The Bertz CT molecular complexity index is 526. The molecule has 8 nitrogen and oxygen atoms in total. The first-order valence-electron chi connectivity index (χ1n) is 6.55. The first kappa shape index (κ1) is 15.3. The Morgan fingerprint density at radius 2 is 2.29 bits per heavy atom. The van der Waals surface area contributed by atoms with Crippen LogP contribution in [0.2, 0.25) is 0 Å². The Kier molecular flexibility index (Phi) is 3.66. The van der Waals surface area contributed by atoms with Gasteiger partial charge in [-0.05, 0) is 6.92 Å². The van der Waals surface area contributed by atoms with E-state index in [0.29, 0.717) is 4.70 Å². The van der Waals surface area contributed by atoms with Crippen LogP contribution < -0.4 is 5.32 Å². The van der Waals surface area contributed by atoms with Crippen molar-refractivity contribution in [3.63, 3.8) is 0 Å². The minimum absolute atomic E-state index is 0.0658. The fourth-order valence-electron chi connectivity index (χ4n) is 2.81. The van der Waals surface area contributed by atoms with Crippen molar-refractivity contribution in [3.05, 3.63) is 18.2 Å². The Balaban J connectivity index is 2.14. The summed E-state index contributed by atoms with van der Waals surface area (Å²) in [5.74, 6) is -2.64. The number of β-lactam (4-membered cyclic amide) rings is 1. The van der Waals surface area contributed by atoms with Gasteiger partial charge in [0.1, 0.15) is 12.6 Å². The number of nitrogens with one attached hydrogen (secondary N) is 1. The van der Waals surface area contributed by atoms with E-state index in [1.807, 2.05) is 0 Å². The van der Waals surface area contributed by atoms with Gasteiger partial charge in [-0.1, -0.05) is 12.7 Å². The normalized spacial score (nSPS) is 36.1. The largest absolute Gasteiger partial charge is 0.505 e. The van der Waals surface area contributed by atoms with Crippen molar-refractivity contribution in [2.75, 3.05) is 6.61 Å². The lowest BCUT2D eigenvalue weighted by atomic mass is 9.66. The number of ether oxygens (including phenoxy) is 1. The summed E-state index contributed by atoms with van der Waals surface area (Å²) in [5.41, 5.74) is 8.59. The number of rotatable bonds is 5. The van der Waals surface area contributed by atoms with Crippen LogP contribution in [0.25, 0.3) is 5.53 Å². The number of carbonyl (C=O) groups is 3. The Morgan fingerprint density at radius 3 is 2.71 bits per heavy atom. The second-order valence-corrected chi connectivity index (χ2v) is 5.43. The average Bonchev–Trinajstić information content (AvgIpc) is 2.41. The summed E-state index contributed by atoms with van der Waals surface area (Å²) in [7, 11) is 0. The molecule has 0 aromatic carbocycles. The molecule has 2 aliphatic heterocycles. The van der Waals surface area contributed by atoms with Crippen molar-refractivity contribution in [3.8, 4) is 0 Å². The van der Waals surface area contributed by atoms with Gasteiger partial charge in [0.15, 0.2) is 0 Å². The molecule has 1 amide bonds. The van der Waals surface area contributed by atoms with E-state index in [4.69, 9.17) is 4.74 Å². The monoisotopic (exact) mass is 295 g/mol. The molecule has 2 heterocycles. The molecule has 1 unspecified atom stereocenters. The number of nitrogens with zero attached hydrogens (tertiary/aromatic N) is 2. The zero-order valence-electron chi connectivity index (χ0n) is 11.8. The third-order valence-corrected chi connectivity index (χ3v) is 4.12. The molecule has 114 valence electrons. The number of hydrogen-bond donors (Lipinski definition) is 2.